The summed E-state index contributed by atoms with van der Waals surface area (Å²) < 4.78 is 0. The maximum absolute atomic E-state index is 13.0. The minimum Gasteiger partial charge on any atom is -0.331 e. The zero-order valence-corrected chi connectivity index (χ0v) is 17.5. The maximum atomic E-state index is 13.0. The third-order valence-corrected chi connectivity index (χ3v) is 5.91. The van der Waals surface area contributed by atoms with Gasteiger partial charge in [-0.3, -0.25) is 19.5 Å². The molecule has 7 heteroatoms. The number of piperidine rings is 1. The summed E-state index contributed by atoms with van der Waals surface area (Å²) in [5, 5.41) is 2.74. The van der Waals surface area contributed by atoms with Gasteiger partial charge in [-0.15, -0.1) is 0 Å². The largest absolute Gasteiger partial charge is 0.331 e. The number of amides is 2. The molecule has 2 aliphatic rings. The molecule has 2 saturated heterocycles. The molecular weight excluding hydrogens is 396 g/mol. The Morgan fingerprint density at radius 2 is 1.67 bits per heavy atom. The van der Waals surface area contributed by atoms with E-state index < -0.39 is 11.8 Å². The van der Waals surface area contributed by atoms with Crippen molar-refractivity contribution >= 4 is 41.0 Å². The number of likely N-dealkylation sites (tertiary alicyclic amines) is 1. The molecule has 154 valence electrons. The Bertz CT molecular complexity index is 940. The van der Waals surface area contributed by atoms with Crippen molar-refractivity contribution in [3.63, 3.8) is 0 Å². The van der Waals surface area contributed by atoms with E-state index >= 15 is 0 Å². The average molecular weight is 422 g/mol. The van der Waals surface area contributed by atoms with Crippen LogP contribution in [0.15, 0.2) is 65.7 Å². The van der Waals surface area contributed by atoms with Crippen molar-refractivity contribution in [3.8, 4) is 0 Å². The lowest BCUT2D eigenvalue weighted by molar-refractivity contribution is -0.918. The van der Waals surface area contributed by atoms with Gasteiger partial charge in [-0.05, 0) is 24.4 Å². The second-order valence-electron chi connectivity index (χ2n) is 7.72. The minimum atomic E-state index is -0.952. The van der Waals surface area contributed by atoms with Gasteiger partial charge in [0.1, 0.15) is 6.54 Å². The molecule has 1 unspecified atom stereocenters. The van der Waals surface area contributed by atoms with E-state index in [0.717, 1.165) is 32.5 Å². The van der Waals surface area contributed by atoms with Crippen LogP contribution < -0.4 is 15.1 Å². The van der Waals surface area contributed by atoms with Crippen LogP contribution in [0.2, 0.25) is 0 Å². The van der Waals surface area contributed by atoms with Gasteiger partial charge in [0.15, 0.2) is 11.0 Å². The van der Waals surface area contributed by atoms with Crippen LogP contribution in [0.1, 0.15) is 18.4 Å². The number of rotatable bonds is 5. The van der Waals surface area contributed by atoms with Crippen LogP contribution in [0.25, 0.3) is 0 Å². The van der Waals surface area contributed by atoms with Crippen LogP contribution >= 0.6 is 12.2 Å². The van der Waals surface area contributed by atoms with Crippen LogP contribution in [-0.2, 0) is 16.1 Å². The monoisotopic (exact) mass is 421 g/mol. The fourth-order valence-electron chi connectivity index (χ4n) is 3.97. The van der Waals surface area contributed by atoms with Crippen LogP contribution in [0.4, 0.5) is 5.69 Å². The molecule has 0 spiro atoms. The molecule has 2 amide bonds. The SMILES string of the molecule is O=C1NC(=S)N(c2ccccc2)C(=O)C1C=NC1CC[NH+](Cc2ccccc2)CC1. The number of hydrogen-bond donors (Lipinski definition) is 2. The van der Waals surface area contributed by atoms with Gasteiger partial charge >= 0.3 is 0 Å². The second kappa shape index (κ2) is 9.28. The van der Waals surface area contributed by atoms with Crippen molar-refractivity contribution in [1.29, 1.82) is 0 Å². The zero-order valence-electron chi connectivity index (χ0n) is 16.7. The van der Waals surface area contributed by atoms with E-state index in [1.54, 1.807) is 17.0 Å². The number of carbonyl (C=O) groups excluding carboxylic acids is 2. The van der Waals surface area contributed by atoms with E-state index in [9.17, 15) is 9.59 Å². The standard InChI is InChI=1S/C23H24N4O2S/c28-21-20(22(29)27(23(30)25-21)19-9-5-2-6-10-19)15-24-18-11-13-26(14-12-18)16-17-7-3-1-4-8-17/h1-10,15,18,20H,11-14,16H2,(H,25,28,30)/p+1. The summed E-state index contributed by atoms with van der Waals surface area (Å²) in [7, 11) is 0. The Labute approximate surface area is 181 Å². The fourth-order valence-corrected chi connectivity index (χ4v) is 4.27. The Kier molecular flexibility index (Phi) is 6.30. The molecule has 2 aromatic carbocycles. The first-order valence-corrected chi connectivity index (χ1v) is 10.7. The number of para-hydroxylation sites is 1. The molecule has 0 saturated carbocycles. The molecular formula is C23H25N4O2S+. The van der Waals surface area contributed by atoms with E-state index in [4.69, 9.17) is 12.2 Å². The highest BCUT2D eigenvalue weighted by Gasteiger charge is 2.38. The average Bonchev–Trinajstić information content (AvgIpc) is 2.76. The Hall–Kier alpha value is -2.90. The van der Waals surface area contributed by atoms with Gasteiger partial charge in [0, 0.05) is 24.6 Å². The molecule has 2 fully saturated rings. The van der Waals surface area contributed by atoms with Crippen molar-refractivity contribution in [2.45, 2.75) is 25.4 Å². The van der Waals surface area contributed by atoms with Crippen molar-refractivity contribution in [3.05, 3.63) is 66.2 Å². The first kappa shape index (κ1) is 20.4. The first-order chi connectivity index (χ1) is 14.6. The summed E-state index contributed by atoms with van der Waals surface area (Å²) >= 11 is 5.22. The number of nitrogens with one attached hydrogen (secondary N) is 2. The summed E-state index contributed by atoms with van der Waals surface area (Å²) in [6.07, 6.45) is 3.41. The van der Waals surface area contributed by atoms with Crippen molar-refractivity contribution < 1.29 is 14.5 Å². The molecule has 0 radical (unpaired) electrons. The third kappa shape index (κ3) is 4.63. The quantitative estimate of drug-likeness (QED) is 0.435. The Morgan fingerprint density at radius 1 is 1.03 bits per heavy atom. The van der Waals surface area contributed by atoms with Gasteiger partial charge in [-0.1, -0.05) is 48.5 Å². The number of hydrogen-bond acceptors (Lipinski definition) is 4. The highest BCUT2D eigenvalue weighted by atomic mass is 32.1. The van der Waals surface area contributed by atoms with Gasteiger partial charge in [0.05, 0.1) is 24.8 Å². The Balaban J connectivity index is 1.37. The molecule has 2 heterocycles. The predicted molar refractivity (Wildman–Crippen MR) is 121 cm³/mol. The van der Waals surface area contributed by atoms with Gasteiger partial charge in [-0.2, -0.15) is 0 Å². The summed E-state index contributed by atoms with van der Waals surface area (Å²) in [5.74, 6) is -1.72. The summed E-state index contributed by atoms with van der Waals surface area (Å²) in [6, 6.07) is 19.8. The van der Waals surface area contributed by atoms with Crippen molar-refractivity contribution in [2.75, 3.05) is 18.0 Å². The van der Waals surface area contributed by atoms with Crippen LogP contribution in [-0.4, -0.2) is 42.3 Å². The van der Waals surface area contributed by atoms with Crippen LogP contribution in [0, 0.1) is 5.92 Å². The molecule has 2 aromatic rings. The first-order valence-electron chi connectivity index (χ1n) is 10.3. The number of quaternary nitrogens is 1. The van der Waals surface area contributed by atoms with Crippen LogP contribution in [0.5, 0.6) is 0 Å². The summed E-state index contributed by atoms with van der Waals surface area (Å²) in [6.45, 7) is 3.08. The maximum Gasteiger partial charge on any atom is 0.251 e. The lowest BCUT2D eigenvalue weighted by Crippen LogP contribution is -3.12. The molecule has 0 bridgehead atoms. The molecule has 0 aliphatic carbocycles. The van der Waals surface area contributed by atoms with Gasteiger partial charge < -0.3 is 10.2 Å². The van der Waals surface area contributed by atoms with Crippen molar-refractivity contribution in [1.82, 2.24) is 5.32 Å². The smallest absolute Gasteiger partial charge is 0.251 e. The Morgan fingerprint density at radius 3 is 2.33 bits per heavy atom. The highest BCUT2D eigenvalue weighted by Crippen LogP contribution is 2.20. The summed E-state index contributed by atoms with van der Waals surface area (Å²) in [4.78, 5) is 32.9. The second-order valence-corrected chi connectivity index (χ2v) is 8.11. The number of carbonyl (C=O) groups is 2. The number of anilines is 1. The van der Waals surface area contributed by atoms with Crippen molar-refractivity contribution in [2.24, 2.45) is 10.9 Å². The van der Waals surface area contributed by atoms with Gasteiger partial charge in [0.2, 0.25) is 5.91 Å². The number of nitrogens with zero attached hydrogens (tertiary/aromatic N) is 2. The summed E-state index contributed by atoms with van der Waals surface area (Å²) in [5.41, 5.74) is 1.99. The van der Waals surface area contributed by atoms with E-state index in [2.05, 4.69) is 34.6 Å². The fraction of sp³-hybridized carbons (Fsp3) is 0.304. The van der Waals surface area contributed by atoms with Gasteiger partial charge in [-0.25, -0.2) is 0 Å². The number of thiocarbonyl (C=S) groups is 1. The number of benzene rings is 2. The van der Waals surface area contributed by atoms with E-state index in [1.165, 1.54) is 16.7 Å². The number of aliphatic imine (C=N–C) groups is 1. The lowest BCUT2D eigenvalue weighted by atomic mass is 10.0. The van der Waals surface area contributed by atoms with E-state index in [1.807, 2.05) is 24.3 Å². The highest BCUT2D eigenvalue weighted by molar-refractivity contribution is 7.80. The molecule has 0 aromatic heterocycles. The van der Waals surface area contributed by atoms with E-state index in [-0.39, 0.29) is 17.1 Å². The lowest BCUT2D eigenvalue weighted by Gasteiger charge is -2.31. The zero-order chi connectivity index (χ0) is 20.9. The molecule has 2 N–H and O–H groups in total. The molecule has 6 nitrogen and oxygen atoms in total. The normalized spacial score (nSPS) is 24.9. The molecule has 2 aliphatic heterocycles. The molecule has 4 rings (SSSR count). The van der Waals surface area contributed by atoms with E-state index in [0.29, 0.717) is 5.69 Å². The van der Waals surface area contributed by atoms with Gasteiger partial charge in [0.25, 0.3) is 5.91 Å². The predicted octanol–water partition coefficient (Wildman–Crippen LogP) is 1.37. The molecule has 1 atom stereocenters. The van der Waals surface area contributed by atoms with Crippen LogP contribution in [0.3, 0.4) is 0 Å². The topological polar surface area (TPSA) is 66.2 Å². The minimum absolute atomic E-state index is 0.110. The third-order valence-electron chi connectivity index (χ3n) is 5.62. The molecule has 30 heavy (non-hydrogen) atoms.